The number of esters is 4. The highest BCUT2D eigenvalue weighted by Gasteiger charge is 2.31. The highest BCUT2D eigenvalue weighted by atomic mass is 31.2. The monoisotopic (exact) mass is 1620 g/mol. The SMILES string of the molecule is CCCCCCCCCCCCCCCCCCC(=O)O[C@H](COC(=O)CCCCCCCCCCCCCC)COP(=O)(O)OC[C@H](O)COP(=O)(O)OC[C@@H](COC(=O)CCCCCCCCCCCCCCCCCCCCC(C)C)OC(=O)CCCCCCCCCCCCCCCCCCCCC(C)CC. The second-order valence-electron chi connectivity index (χ2n) is 33.8. The lowest BCUT2D eigenvalue weighted by Crippen LogP contribution is -2.30. The van der Waals surface area contributed by atoms with Gasteiger partial charge >= 0.3 is 39.5 Å². The van der Waals surface area contributed by atoms with Crippen molar-refractivity contribution in [2.75, 3.05) is 39.6 Å². The van der Waals surface area contributed by atoms with E-state index in [0.717, 1.165) is 102 Å². The molecule has 19 heteroatoms. The molecule has 3 unspecified atom stereocenters. The van der Waals surface area contributed by atoms with Crippen LogP contribution in [0.15, 0.2) is 0 Å². The number of hydrogen-bond acceptors (Lipinski definition) is 15. The molecule has 0 heterocycles. The van der Waals surface area contributed by atoms with E-state index in [4.69, 9.17) is 37.0 Å². The molecule has 6 atom stereocenters. The van der Waals surface area contributed by atoms with Crippen LogP contribution in [0.4, 0.5) is 0 Å². The average Bonchev–Trinajstić information content (AvgIpc) is 0.895. The predicted octanol–water partition coefficient (Wildman–Crippen LogP) is 28.6. The van der Waals surface area contributed by atoms with Crippen molar-refractivity contribution in [2.24, 2.45) is 11.8 Å². The van der Waals surface area contributed by atoms with Crippen molar-refractivity contribution in [1.82, 2.24) is 0 Å². The van der Waals surface area contributed by atoms with Crippen molar-refractivity contribution in [3.8, 4) is 0 Å². The zero-order valence-electron chi connectivity index (χ0n) is 73.3. The summed E-state index contributed by atoms with van der Waals surface area (Å²) in [5.41, 5.74) is 0. The third kappa shape index (κ3) is 84.3. The van der Waals surface area contributed by atoms with Crippen molar-refractivity contribution in [3.05, 3.63) is 0 Å². The molecule has 0 amide bonds. The Morgan fingerprint density at radius 3 is 0.685 bits per heavy atom. The maximum absolute atomic E-state index is 13.2. The van der Waals surface area contributed by atoms with Crippen LogP contribution in [-0.4, -0.2) is 96.7 Å². The van der Waals surface area contributed by atoms with Crippen LogP contribution in [0.5, 0.6) is 0 Å². The molecule has 0 rings (SSSR count). The summed E-state index contributed by atoms with van der Waals surface area (Å²) in [5.74, 6) is -0.398. The Kier molecular flexibility index (Phi) is 81.7. The molecule has 111 heavy (non-hydrogen) atoms. The van der Waals surface area contributed by atoms with E-state index < -0.39 is 97.5 Å². The summed E-state index contributed by atoms with van der Waals surface area (Å²) >= 11 is 0. The van der Waals surface area contributed by atoms with Crippen molar-refractivity contribution < 1.29 is 80.2 Å². The van der Waals surface area contributed by atoms with Gasteiger partial charge in [0.25, 0.3) is 0 Å². The summed E-state index contributed by atoms with van der Waals surface area (Å²) in [6.07, 6.45) is 77.7. The number of aliphatic hydroxyl groups excluding tert-OH is 1. The van der Waals surface area contributed by atoms with Gasteiger partial charge in [-0.3, -0.25) is 37.3 Å². The molecule has 0 radical (unpaired) electrons. The number of carbonyl (C=O) groups is 4. The fourth-order valence-electron chi connectivity index (χ4n) is 14.4. The molecule has 0 spiro atoms. The zero-order valence-corrected chi connectivity index (χ0v) is 75.1. The van der Waals surface area contributed by atoms with Gasteiger partial charge in [-0.05, 0) is 37.5 Å². The van der Waals surface area contributed by atoms with E-state index in [9.17, 15) is 43.2 Å². The van der Waals surface area contributed by atoms with Crippen LogP contribution in [0.2, 0.25) is 0 Å². The summed E-state index contributed by atoms with van der Waals surface area (Å²) in [6.45, 7) is 9.82. The lowest BCUT2D eigenvalue weighted by atomic mass is 9.99. The van der Waals surface area contributed by atoms with E-state index in [1.165, 1.54) is 315 Å². The van der Waals surface area contributed by atoms with Gasteiger partial charge in [0.1, 0.15) is 19.3 Å². The van der Waals surface area contributed by atoms with Gasteiger partial charge in [0, 0.05) is 25.7 Å². The Morgan fingerprint density at radius 1 is 0.261 bits per heavy atom. The fraction of sp³-hybridized carbons (Fsp3) is 0.957. The first-order valence-electron chi connectivity index (χ1n) is 47.5. The largest absolute Gasteiger partial charge is 0.472 e. The smallest absolute Gasteiger partial charge is 0.462 e. The maximum atomic E-state index is 13.2. The van der Waals surface area contributed by atoms with Crippen LogP contribution >= 0.6 is 15.6 Å². The van der Waals surface area contributed by atoms with Crippen LogP contribution < -0.4 is 0 Å². The third-order valence-corrected chi connectivity index (χ3v) is 24.0. The number of hydrogen-bond donors (Lipinski definition) is 3. The number of phosphoric ester groups is 2. The van der Waals surface area contributed by atoms with Gasteiger partial charge < -0.3 is 33.8 Å². The quantitative estimate of drug-likeness (QED) is 0.0222. The first kappa shape index (κ1) is 109. The summed E-state index contributed by atoms with van der Waals surface area (Å²) in [6, 6.07) is 0. The first-order chi connectivity index (χ1) is 53.9. The van der Waals surface area contributed by atoms with Crippen LogP contribution in [0.1, 0.15) is 497 Å². The molecule has 0 fully saturated rings. The second-order valence-corrected chi connectivity index (χ2v) is 36.7. The summed E-state index contributed by atoms with van der Waals surface area (Å²) in [7, 11) is -9.94. The van der Waals surface area contributed by atoms with E-state index in [0.29, 0.717) is 25.7 Å². The van der Waals surface area contributed by atoms with Crippen molar-refractivity contribution in [1.29, 1.82) is 0 Å². The van der Waals surface area contributed by atoms with Gasteiger partial charge in [0.05, 0.1) is 26.4 Å². The van der Waals surface area contributed by atoms with E-state index >= 15 is 0 Å². The highest BCUT2D eigenvalue weighted by Crippen LogP contribution is 2.45. The molecular formula is C92H180O17P2. The van der Waals surface area contributed by atoms with Crippen molar-refractivity contribution in [2.45, 2.75) is 516 Å². The van der Waals surface area contributed by atoms with Gasteiger partial charge in [-0.15, -0.1) is 0 Å². The minimum absolute atomic E-state index is 0.109. The van der Waals surface area contributed by atoms with Crippen LogP contribution in [0, 0.1) is 11.8 Å². The number of ether oxygens (including phenoxy) is 4. The van der Waals surface area contributed by atoms with Crippen molar-refractivity contribution >= 4 is 39.5 Å². The number of unbranched alkanes of at least 4 members (excludes halogenated alkanes) is 60. The molecule has 3 N–H and O–H groups in total. The highest BCUT2D eigenvalue weighted by molar-refractivity contribution is 7.47. The first-order valence-corrected chi connectivity index (χ1v) is 50.5. The molecule has 0 saturated carbocycles. The Morgan fingerprint density at radius 2 is 0.459 bits per heavy atom. The number of rotatable bonds is 91. The van der Waals surface area contributed by atoms with Crippen molar-refractivity contribution in [3.63, 3.8) is 0 Å². The van der Waals surface area contributed by atoms with E-state index in [1.807, 2.05) is 0 Å². The van der Waals surface area contributed by atoms with Crippen LogP contribution in [0.3, 0.4) is 0 Å². The lowest BCUT2D eigenvalue weighted by molar-refractivity contribution is -0.161. The van der Waals surface area contributed by atoms with E-state index in [2.05, 4.69) is 41.5 Å². The van der Waals surface area contributed by atoms with Crippen LogP contribution in [-0.2, 0) is 65.4 Å². The molecule has 0 aromatic carbocycles. The Hall–Kier alpha value is -1.94. The second kappa shape index (κ2) is 83.1. The summed E-state index contributed by atoms with van der Waals surface area (Å²) in [5, 5.41) is 10.7. The van der Waals surface area contributed by atoms with Gasteiger partial charge in [0.2, 0.25) is 0 Å². The fourth-order valence-corrected chi connectivity index (χ4v) is 16.0. The molecule has 0 saturated heterocycles. The van der Waals surface area contributed by atoms with E-state index in [-0.39, 0.29) is 25.7 Å². The molecule has 0 aliphatic heterocycles. The number of aliphatic hydroxyl groups is 1. The average molecular weight is 1620 g/mol. The Balaban J connectivity index is 5.24. The third-order valence-electron chi connectivity index (χ3n) is 22.1. The topological polar surface area (TPSA) is 237 Å². The molecular weight excluding hydrogens is 1440 g/mol. The molecule has 0 aliphatic carbocycles. The van der Waals surface area contributed by atoms with E-state index in [1.54, 1.807) is 0 Å². The Labute approximate surface area is 683 Å². The molecule has 17 nitrogen and oxygen atoms in total. The number of carbonyl (C=O) groups excluding carboxylic acids is 4. The van der Waals surface area contributed by atoms with Gasteiger partial charge in [0.15, 0.2) is 12.2 Å². The molecule has 0 aromatic heterocycles. The number of phosphoric acid groups is 2. The summed E-state index contributed by atoms with van der Waals surface area (Å²) in [4.78, 5) is 73.4. The molecule has 0 bridgehead atoms. The van der Waals surface area contributed by atoms with Crippen LogP contribution in [0.25, 0.3) is 0 Å². The summed E-state index contributed by atoms with van der Waals surface area (Å²) < 4.78 is 69.1. The lowest BCUT2D eigenvalue weighted by Gasteiger charge is -2.21. The standard InChI is InChI=1S/C92H180O17P2/c1-7-10-12-14-16-18-20-22-23-34-40-46-52-58-64-70-76-91(96)108-87(80-102-89(94)74-68-62-56-50-44-21-19-17-15-13-11-8-2)82-106-110(98,99)104-78-86(93)79-105-111(100,101)107-83-88(81-103-90(95)75-69-63-57-51-45-39-35-30-26-24-28-32-37-42-48-54-60-66-72-84(4)5)109-92(97)77-71-65-59-53-47-41-36-31-27-25-29-33-38-43-49-55-61-67-73-85(6)9-3/h84-88,93H,7-83H2,1-6H3,(H,98,99)(H,100,101)/t85?,86-,87+,88+/m0/s1. The maximum Gasteiger partial charge on any atom is 0.472 e. The zero-order chi connectivity index (χ0) is 81.3. The minimum Gasteiger partial charge on any atom is -0.462 e. The van der Waals surface area contributed by atoms with Gasteiger partial charge in [-0.2, -0.15) is 0 Å². The normalized spacial score (nSPS) is 14.0. The minimum atomic E-state index is -4.97. The van der Waals surface area contributed by atoms with Gasteiger partial charge in [-0.1, -0.05) is 446 Å². The molecule has 660 valence electrons. The van der Waals surface area contributed by atoms with Gasteiger partial charge in [-0.25, -0.2) is 9.13 Å². The predicted molar refractivity (Wildman–Crippen MR) is 460 cm³/mol. The Bertz CT molecular complexity index is 2120. The molecule has 0 aliphatic rings. The molecule has 0 aromatic rings.